The van der Waals surface area contributed by atoms with Gasteiger partial charge in [0.05, 0.1) is 18.1 Å². The number of nitrogens with two attached hydrogens (primary N) is 1. The summed E-state index contributed by atoms with van der Waals surface area (Å²) >= 11 is 0. The minimum absolute atomic E-state index is 0.147. The smallest absolute Gasteiger partial charge is 0.322 e. The monoisotopic (exact) mass is 430 g/mol. The molecule has 2 fully saturated rings. The number of urea groups is 1. The number of hydrogen-bond acceptors (Lipinski definition) is 4. The van der Waals surface area contributed by atoms with Crippen molar-refractivity contribution in [2.24, 2.45) is 15.7 Å². The molecular weight excluding hydrogens is 404 g/mol. The highest BCUT2D eigenvalue weighted by atomic mass is 16.2. The van der Waals surface area contributed by atoms with Crippen LogP contribution in [0.15, 0.2) is 52.7 Å². The molecule has 5 rings (SSSR count). The average molecular weight is 431 g/mol. The Morgan fingerprint density at radius 2 is 2.25 bits per heavy atom. The van der Waals surface area contributed by atoms with Crippen molar-refractivity contribution >= 4 is 29.4 Å². The third kappa shape index (κ3) is 3.12. The Balaban J connectivity index is 1.43. The summed E-state index contributed by atoms with van der Waals surface area (Å²) in [6, 6.07) is 9.73. The molecule has 2 aromatic heterocycles. The number of fused-ring (bicyclic) bond motifs is 3. The van der Waals surface area contributed by atoms with Crippen LogP contribution in [0.1, 0.15) is 31.2 Å². The number of rotatable bonds is 3. The van der Waals surface area contributed by atoms with Crippen molar-refractivity contribution in [3.63, 3.8) is 0 Å². The minimum Gasteiger partial charge on any atom is -0.390 e. The van der Waals surface area contributed by atoms with E-state index in [-0.39, 0.29) is 12.1 Å². The lowest BCUT2D eigenvalue weighted by molar-refractivity contribution is -0.0237. The van der Waals surface area contributed by atoms with Crippen LogP contribution in [0, 0.1) is 6.92 Å². The Hall–Kier alpha value is -3.75. The lowest BCUT2D eigenvalue weighted by atomic mass is 9.67. The molecule has 1 aromatic carbocycles. The molecule has 3 aromatic rings. The van der Waals surface area contributed by atoms with Crippen LogP contribution in [0.3, 0.4) is 0 Å². The van der Waals surface area contributed by atoms with Crippen LogP contribution in [0.4, 0.5) is 10.5 Å². The molecule has 2 amide bonds. The van der Waals surface area contributed by atoms with E-state index in [1.807, 2.05) is 48.4 Å². The van der Waals surface area contributed by atoms with Crippen molar-refractivity contribution in [3.05, 3.63) is 48.3 Å². The first-order chi connectivity index (χ1) is 15.6. The van der Waals surface area contributed by atoms with Crippen LogP contribution in [0.5, 0.6) is 0 Å². The molecule has 32 heavy (non-hydrogen) atoms. The highest BCUT2D eigenvalue weighted by Gasteiger charge is 2.59. The second kappa shape index (κ2) is 7.74. The molecule has 1 saturated carbocycles. The lowest BCUT2D eigenvalue weighted by Crippen LogP contribution is -2.74. The first-order valence-corrected chi connectivity index (χ1v) is 10.8. The normalized spacial score (nSPS) is 22.9. The molecule has 2 bridgehead atoms. The molecule has 164 valence electrons. The van der Waals surface area contributed by atoms with E-state index in [2.05, 4.69) is 25.4 Å². The molecule has 2 atom stereocenters. The number of carbonyl (C=O) groups excluding carboxylic acids is 1. The number of piperidine rings is 1. The number of nitrogens with zero attached hydrogens (tertiary/aromatic N) is 6. The topological polar surface area (TPSA) is 113 Å². The number of benzene rings is 1. The highest BCUT2D eigenvalue weighted by molar-refractivity contribution is 6.03. The number of likely N-dealkylation sites (tertiary alicyclic amines) is 1. The van der Waals surface area contributed by atoms with Crippen LogP contribution in [0.2, 0.25) is 0 Å². The fourth-order valence-electron chi connectivity index (χ4n) is 5.11. The summed E-state index contributed by atoms with van der Waals surface area (Å²) in [5.41, 5.74) is 8.60. The Morgan fingerprint density at radius 1 is 1.38 bits per heavy atom. The minimum atomic E-state index is -0.478. The molecule has 2 unspecified atom stereocenters. The molecule has 9 heteroatoms. The number of aromatic nitrogens is 3. The van der Waals surface area contributed by atoms with Crippen molar-refractivity contribution < 1.29 is 4.79 Å². The number of nitrogens with one attached hydrogen (secondary N) is 1. The standard InChI is InChI=1S/C23H26N8O/c1-15-7-8-16(11-19(15)20-26-13-18-6-4-10-30(18)29-20)28-22(32)31-17-5-3-9-23(31,12-17)21(25-2)27-14-24/h4,6-8,10-11,13-14,17H,3,5,9,12H2,1-2H3,(H,28,32)(H2,24,25,27). The van der Waals surface area contributed by atoms with Crippen molar-refractivity contribution in [2.75, 3.05) is 12.4 Å². The van der Waals surface area contributed by atoms with Crippen LogP contribution >= 0.6 is 0 Å². The fourth-order valence-corrected chi connectivity index (χ4v) is 5.11. The van der Waals surface area contributed by atoms with E-state index in [9.17, 15) is 4.79 Å². The summed E-state index contributed by atoms with van der Waals surface area (Å²) in [4.78, 5) is 28.4. The summed E-state index contributed by atoms with van der Waals surface area (Å²) in [6.07, 6.45) is 8.67. The van der Waals surface area contributed by atoms with Crippen LogP contribution < -0.4 is 11.1 Å². The van der Waals surface area contributed by atoms with Crippen LogP contribution in [-0.4, -0.2) is 56.3 Å². The molecule has 9 nitrogen and oxygen atoms in total. The number of aryl methyl sites for hydroxylation is 1. The maximum Gasteiger partial charge on any atom is 0.322 e. The van der Waals surface area contributed by atoms with Gasteiger partial charge in [-0.3, -0.25) is 4.99 Å². The molecule has 0 spiro atoms. The highest BCUT2D eigenvalue weighted by Crippen LogP contribution is 2.49. The molecule has 1 saturated heterocycles. The van der Waals surface area contributed by atoms with Crippen LogP contribution in [0.25, 0.3) is 16.9 Å². The van der Waals surface area contributed by atoms with Gasteiger partial charge >= 0.3 is 6.03 Å². The summed E-state index contributed by atoms with van der Waals surface area (Å²) in [5, 5.41) is 7.67. The second-order valence-corrected chi connectivity index (χ2v) is 8.40. The van der Waals surface area contributed by atoms with E-state index in [1.54, 1.807) is 17.8 Å². The van der Waals surface area contributed by atoms with Crippen molar-refractivity contribution in [2.45, 2.75) is 44.2 Å². The van der Waals surface area contributed by atoms with E-state index < -0.39 is 5.54 Å². The number of hydrogen-bond donors (Lipinski definition) is 2. The zero-order chi connectivity index (χ0) is 22.3. The second-order valence-electron chi connectivity index (χ2n) is 8.40. The van der Waals surface area contributed by atoms with Gasteiger partial charge in [0.25, 0.3) is 0 Å². The maximum atomic E-state index is 13.4. The van der Waals surface area contributed by atoms with Gasteiger partial charge in [-0.1, -0.05) is 6.07 Å². The Kier molecular flexibility index (Phi) is 4.88. The van der Waals surface area contributed by atoms with Gasteiger partial charge in [0, 0.05) is 30.5 Å². The first kappa shape index (κ1) is 20.2. The van der Waals surface area contributed by atoms with E-state index in [0.717, 1.165) is 42.3 Å². The molecule has 3 N–H and O–H groups in total. The first-order valence-electron chi connectivity index (χ1n) is 10.8. The van der Waals surface area contributed by atoms with Crippen molar-refractivity contribution in [3.8, 4) is 11.4 Å². The number of carbonyl (C=O) groups is 1. The van der Waals surface area contributed by atoms with Gasteiger partial charge in [-0.15, -0.1) is 5.10 Å². The Bertz CT molecular complexity index is 1240. The molecular formula is C23H26N8O. The number of aliphatic imine (C=N–C) groups is 2. The summed E-state index contributed by atoms with van der Waals surface area (Å²) in [7, 11) is 1.70. The van der Waals surface area contributed by atoms with E-state index in [0.29, 0.717) is 17.3 Å². The van der Waals surface area contributed by atoms with Crippen molar-refractivity contribution in [1.82, 2.24) is 19.5 Å². The Morgan fingerprint density at radius 3 is 3.03 bits per heavy atom. The third-order valence-corrected chi connectivity index (χ3v) is 6.58. The average Bonchev–Trinajstić information content (AvgIpc) is 3.26. The molecule has 0 radical (unpaired) electrons. The SMILES string of the molecule is CN=C(N=CN)C12CCCC(C1)N2C(=O)Nc1ccc(C)c(-c2ncc3cccn3n2)c1. The molecule has 2 aliphatic rings. The predicted molar refractivity (Wildman–Crippen MR) is 125 cm³/mol. The predicted octanol–water partition coefficient (Wildman–Crippen LogP) is 3.25. The van der Waals surface area contributed by atoms with Gasteiger partial charge in [-0.05, 0) is 62.4 Å². The maximum absolute atomic E-state index is 13.4. The van der Waals surface area contributed by atoms with Gasteiger partial charge in [-0.25, -0.2) is 19.3 Å². The van der Waals surface area contributed by atoms with Gasteiger partial charge in [0.1, 0.15) is 5.54 Å². The van der Waals surface area contributed by atoms with E-state index >= 15 is 0 Å². The molecule has 1 aliphatic heterocycles. The number of amides is 2. The fraction of sp³-hybridized carbons (Fsp3) is 0.348. The molecule has 3 heterocycles. The van der Waals surface area contributed by atoms with Crippen LogP contribution in [-0.2, 0) is 0 Å². The largest absolute Gasteiger partial charge is 0.390 e. The summed E-state index contributed by atoms with van der Waals surface area (Å²) < 4.78 is 1.79. The lowest BCUT2D eigenvalue weighted by Gasteiger charge is -2.61. The van der Waals surface area contributed by atoms with E-state index in [4.69, 9.17) is 5.73 Å². The van der Waals surface area contributed by atoms with Gasteiger partial charge < -0.3 is 16.0 Å². The Labute approximate surface area is 186 Å². The number of amidine groups is 1. The zero-order valence-corrected chi connectivity index (χ0v) is 18.2. The summed E-state index contributed by atoms with van der Waals surface area (Å²) in [5.74, 6) is 1.22. The zero-order valence-electron chi connectivity index (χ0n) is 18.2. The molecule has 1 aliphatic carbocycles. The third-order valence-electron chi connectivity index (χ3n) is 6.58. The van der Waals surface area contributed by atoms with Gasteiger partial charge in [0.15, 0.2) is 11.7 Å². The quantitative estimate of drug-likeness (QED) is 0.490. The number of anilines is 1. The summed E-state index contributed by atoms with van der Waals surface area (Å²) in [6.45, 7) is 2.01. The van der Waals surface area contributed by atoms with Crippen molar-refractivity contribution in [1.29, 1.82) is 0 Å². The van der Waals surface area contributed by atoms with Gasteiger partial charge in [-0.2, -0.15) is 0 Å². The van der Waals surface area contributed by atoms with E-state index in [1.165, 1.54) is 6.34 Å². The van der Waals surface area contributed by atoms with Gasteiger partial charge in [0.2, 0.25) is 0 Å².